The minimum atomic E-state index is -3.67. The van der Waals surface area contributed by atoms with Gasteiger partial charge in [0.1, 0.15) is 16.5 Å². The van der Waals surface area contributed by atoms with Gasteiger partial charge in [-0.25, -0.2) is 13.4 Å². The SMILES string of the molecule is CN(Cc1nccn1C)S(=O)(=O)c1cc(CN)oc1Br. The quantitative estimate of drug-likeness (QED) is 0.857. The molecule has 0 saturated heterocycles. The summed E-state index contributed by atoms with van der Waals surface area (Å²) in [6.07, 6.45) is 3.38. The first-order valence-electron chi connectivity index (χ1n) is 5.77. The molecule has 2 heterocycles. The Kier molecular flexibility index (Phi) is 4.33. The van der Waals surface area contributed by atoms with Crippen LogP contribution in [-0.4, -0.2) is 29.3 Å². The summed E-state index contributed by atoms with van der Waals surface area (Å²) in [6, 6.07) is 1.42. The van der Waals surface area contributed by atoms with Crippen LogP contribution in [-0.2, 0) is 30.2 Å². The molecule has 0 spiro atoms. The van der Waals surface area contributed by atoms with Crippen molar-refractivity contribution in [1.29, 1.82) is 0 Å². The van der Waals surface area contributed by atoms with Crippen molar-refractivity contribution in [3.8, 4) is 0 Å². The van der Waals surface area contributed by atoms with Gasteiger partial charge >= 0.3 is 0 Å². The zero-order chi connectivity index (χ0) is 14.9. The van der Waals surface area contributed by atoms with Crippen molar-refractivity contribution in [3.05, 3.63) is 34.7 Å². The highest BCUT2D eigenvalue weighted by Gasteiger charge is 2.27. The van der Waals surface area contributed by atoms with Crippen LogP contribution in [0.25, 0.3) is 0 Å². The molecule has 0 aliphatic rings. The number of aryl methyl sites for hydroxylation is 1. The van der Waals surface area contributed by atoms with Gasteiger partial charge in [0, 0.05) is 32.6 Å². The van der Waals surface area contributed by atoms with E-state index in [2.05, 4.69) is 20.9 Å². The molecular weight excluding hydrogens is 348 g/mol. The van der Waals surface area contributed by atoms with Crippen LogP contribution in [0.2, 0.25) is 0 Å². The van der Waals surface area contributed by atoms with Gasteiger partial charge in [-0.3, -0.25) is 0 Å². The van der Waals surface area contributed by atoms with Crippen molar-refractivity contribution in [2.24, 2.45) is 12.8 Å². The molecular formula is C11H15BrN4O3S. The number of furan rings is 1. The van der Waals surface area contributed by atoms with E-state index < -0.39 is 10.0 Å². The Bertz CT molecular complexity index is 707. The van der Waals surface area contributed by atoms with Gasteiger partial charge in [-0.05, 0) is 15.9 Å². The second kappa shape index (κ2) is 5.68. The number of aromatic nitrogens is 2. The number of sulfonamides is 1. The predicted molar refractivity (Wildman–Crippen MR) is 76.2 cm³/mol. The van der Waals surface area contributed by atoms with Crippen LogP contribution in [0, 0.1) is 0 Å². The highest BCUT2D eigenvalue weighted by Crippen LogP contribution is 2.28. The van der Waals surface area contributed by atoms with Crippen LogP contribution >= 0.6 is 15.9 Å². The average molecular weight is 363 g/mol. The fourth-order valence-electron chi connectivity index (χ4n) is 1.68. The molecule has 20 heavy (non-hydrogen) atoms. The number of hydrogen-bond donors (Lipinski definition) is 1. The minimum Gasteiger partial charge on any atom is -0.452 e. The first-order chi connectivity index (χ1) is 9.36. The molecule has 2 aromatic heterocycles. The summed E-state index contributed by atoms with van der Waals surface area (Å²) in [5.41, 5.74) is 5.44. The zero-order valence-corrected chi connectivity index (χ0v) is 13.5. The van der Waals surface area contributed by atoms with Crippen LogP contribution < -0.4 is 5.73 Å². The lowest BCUT2D eigenvalue weighted by atomic mass is 10.5. The third-order valence-corrected chi connectivity index (χ3v) is 5.54. The molecule has 2 aromatic rings. The molecule has 0 aliphatic heterocycles. The third-order valence-electron chi connectivity index (χ3n) is 2.88. The maximum Gasteiger partial charge on any atom is 0.247 e. The second-order valence-electron chi connectivity index (χ2n) is 4.27. The summed E-state index contributed by atoms with van der Waals surface area (Å²) in [7, 11) is -0.368. The maximum absolute atomic E-state index is 12.5. The van der Waals surface area contributed by atoms with Gasteiger partial charge in [-0.2, -0.15) is 4.31 Å². The van der Waals surface area contributed by atoms with Crippen molar-refractivity contribution in [3.63, 3.8) is 0 Å². The van der Waals surface area contributed by atoms with Crippen molar-refractivity contribution >= 4 is 26.0 Å². The Labute approximate surface area is 125 Å². The zero-order valence-electron chi connectivity index (χ0n) is 11.1. The average Bonchev–Trinajstić information content (AvgIpc) is 2.96. The molecule has 7 nitrogen and oxygen atoms in total. The lowest BCUT2D eigenvalue weighted by Gasteiger charge is -2.15. The van der Waals surface area contributed by atoms with Gasteiger partial charge in [-0.15, -0.1) is 0 Å². The number of nitrogens with zero attached hydrogens (tertiary/aromatic N) is 3. The van der Waals surface area contributed by atoms with E-state index in [4.69, 9.17) is 10.2 Å². The van der Waals surface area contributed by atoms with E-state index in [1.807, 2.05) is 7.05 Å². The Hall–Kier alpha value is -1.16. The lowest BCUT2D eigenvalue weighted by molar-refractivity contribution is 0.445. The van der Waals surface area contributed by atoms with Crippen molar-refractivity contribution in [2.45, 2.75) is 18.0 Å². The number of imidazole rings is 1. The van der Waals surface area contributed by atoms with E-state index >= 15 is 0 Å². The molecule has 0 aromatic carbocycles. The molecule has 0 aliphatic carbocycles. The molecule has 2 rings (SSSR count). The van der Waals surface area contributed by atoms with Gasteiger partial charge in [0.25, 0.3) is 0 Å². The smallest absolute Gasteiger partial charge is 0.247 e. The summed E-state index contributed by atoms with van der Waals surface area (Å²) in [4.78, 5) is 4.17. The molecule has 2 N–H and O–H groups in total. The van der Waals surface area contributed by atoms with E-state index in [1.54, 1.807) is 17.0 Å². The monoisotopic (exact) mass is 362 g/mol. The van der Waals surface area contributed by atoms with Crippen LogP contribution in [0.4, 0.5) is 0 Å². The van der Waals surface area contributed by atoms with Gasteiger partial charge in [0.05, 0.1) is 13.1 Å². The first kappa shape index (κ1) is 15.2. The largest absolute Gasteiger partial charge is 0.452 e. The Morgan fingerprint density at radius 1 is 1.55 bits per heavy atom. The topological polar surface area (TPSA) is 94.4 Å². The number of halogens is 1. The number of rotatable bonds is 5. The minimum absolute atomic E-state index is 0.0645. The fraction of sp³-hybridized carbons (Fsp3) is 0.364. The molecule has 0 saturated carbocycles. The van der Waals surface area contributed by atoms with E-state index in [0.717, 1.165) is 0 Å². The molecule has 0 unspecified atom stereocenters. The molecule has 0 bridgehead atoms. The van der Waals surface area contributed by atoms with Gasteiger partial charge in [-0.1, -0.05) is 0 Å². The van der Waals surface area contributed by atoms with E-state index in [9.17, 15) is 8.42 Å². The summed E-state index contributed by atoms with van der Waals surface area (Å²) < 4.78 is 33.3. The summed E-state index contributed by atoms with van der Waals surface area (Å²) >= 11 is 3.11. The van der Waals surface area contributed by atoms with Crippen LogP contribution in [0.1, 0.15) is 11.6 Å². The molecule has 110 valence electrons. The standard InChI is InChI=1S/C11H15BrN4O3S/c1-15-4-3-14-10(15)7-16(2)20(17,18)9-5-8(6-13)19-11(9)12/h3-5H,6-7,13H2,1-2H3. The van der Waals surface area contributed by atoms with Crippen molar-refractivity contribution in [2.75, 3.05) is 7.05 Å². The lowest BCUT2D eigenvalue weighted by Crippen LogP contribution is -2.27. The maximum atomic E-state index is 12.5. The van der Waals surface area contributed by atoms with Crippen molar-refractivity contribution in [1.82, 2.24) is 13.9 Å². The Morgan fingerprint density at radius 2 is 2.25 bits per heavy atom. The van der Waals surface area contributed by atoms with Gasteiger partial charge in [0.2, 0.25) is 10.0 Å². The van der Waals surface area contributed by atoms with E-state index in [1.165, 1.54) is 17.4 Å². The second-order valence-corrected chi connectivity index (χ2v) is 7.00. The Morgan fingerprint density at radius 3 is 2.75 bits per heavy atom. The molecule has 0 fully saturated rings. The molecule has 0 atom stereocenters. The molecule has 0 amide bonds. The van der Waals surface area contributed by atoms with Gasteiger partial charge < -0.3 is 14.7 Å². The van der Waals surface area contributed by atoms with E-state index in [-0.39, 0.29) is 22.7 Å². The number of nitrogens with two attached hydrogens (primary N) is 1. The molecule has 0 radical (unpaired) electrons. The van der Waals surface area contributed by atoms with Crippen LogP contribution in [0.5, 0.6) is 0 Å². The molecule has 9 heteroatoms. The van der Waals surface area contributed by atoms with Crippen molar-refractivity contribution < 1.29 is 12.8 Å². The summed E-state index contributed by atoms with van der Waals surface area (Å²) in [6.45, 7) is 0.304. The predicted octanol–water partition coefficient (Wildman–Crippen LogP) is 1.05. The first-order valence-corrected chi connectivity index (χ1v) is 8.00. The Balaban J connectivity index is 2.29. The number of hydrogen-bond acceptors (Lipinski definition) is 5. The highest BCUT2D eigenvalue weighted by atomic mass is 79.9. The van der Waals surface area contributed by atoms with Crippen LogP contribution in [0.3, 0.4) is 0 Å². The normalized spacial score (nSPS) is 12.2. The fourth-order valence-corrected chi connectivity index (χ4v) is 3.76. The highest BCUT2D eigenvalue weighted by molar-refractivity contribution is 9.10. The van der Waals surface area contributed by atoms with Gasteiger partial charge in [0.15, 0.2) is 4.67 Å². The van der Waals surface area contributed by atoms with E-state index in [0.29, 0.717) is 11.6 Å². The summed E-state index contributed by atoms with van der Waals surface area (Å²) in [5, 5.41) is 0. The summed E-state index contributed by atoms with van der Waals surface area (Å²) in [5.74, 6) is 1.05. The third kappa shape index (κ3) is 2.80. The van der Waals surface area contributed by atoms with Crippen LogP contribution in [0.15, 0.2) is 32.4 Å².